The number of aryl methyl sites for hydroxylation is 3. The van der Waals surface area contributed by atoms with Gasteiger partial charge in [-0.05, 0) is 67.1 Å². The van der Waals surface area contributed by atoms with Gasteiger partial charge in [0.05, 0.1) is 0 Å². The van der Waals surface area contributed by atoms with Crippen molar-refractivity contribution in [2.75, 3.05) is 0 Å². The van der Waals surface area contributed by atoms with Crippen LogP contribution in [0, 0.1) is 20.8 Å². The first-order valence-electron chi connectivity index (χ1n) is 10.4. The first kappa shape index (κ1) is 18.1. The van der Waals surface area contributed by atoms with E-state index in [1.54, 1.807) is 0 Å². The third-order valence-corrected chi connectivity index (χ3v) is 8.90. The number of hydrogen-bond donors (Lipinski definition) is 0. The van der Waals surface area contributed by atoms with Gasteiger partial charge in [0.15, 0.2) is 0 Å². The summed E-state index contributed by atoms with van der Waals surface area (Å²) in [4.78, 5) is 0. The zero-order valence-corrected chi connectivity index (χ0v) is 19.0. The molecular weight excluding hydrogens is 400 g/mol. The molecule has 2 aromatic heterocycles. The summed E-state index contributed by atoms with van der Waals surface area (Å²) in [6.07, 6.45) is 0.984. The number of hydrogen-bond acceptors (Lipinski definition) is 2. The van der Waals surface area contributed by atoms with Crippen LogP contribution in [-0.2, 0) is 6.42 Å². The predicted octanol–water partition coefficient (Wildman–Crippen LogP) is 8.94. The number of fused-ring (bicyclic) bond motifs is 6. The van der Waals surface area contributed by atoms with Crippen LogP contribution in [0.2, 0.25) is 0 Å². The molecule has 0 spiro atoms. The summed E-state index contributed by atoms with van der Waals surface area (Å²) in [5.41, 5.74) is 6.96. The van der Waals surface area contributed by atoms with Crippen LogP contribution in [-0.4, -0.2) is 0 Å². The highest BCUT2D eigenvalue weighted by atomic mass is 32.1. The number of rotatable bonds is 2. The Morgan fingerprint density at radius 1 is 0.633 bits per heavy atom. The maximum Gasteiger partial charge on any atom is 0.0387 e. The molecule has 0 aliphatic heterocycles. The second-order valence-corrected chi connectivity index (χ2v) is 10.5. The van der Waals surface area contributed by atoms with Gasteiger partial charge in [-0.15, -0.1) is 22.7 Å². The SMILES string of the molecule is Cc1ccc2c(c1)sc1cc(Cc3ccc4c(sc5c(C)cccc54)c3C)ccc12. The van der Waals surface area contributed by atoms with E-state index in [9.17, 15) is 0 Å². The van der Waals surface area contributed by atoms with E-state index in [1.165, 1.54) is 68.2 Å². The standard InChI is InChI=1S/C28H22S2/c1-16-7-10-21-22-11-8-19(15-26(22)29-25(21)13-16)14-20-9-12-24-23-6-4-5-17(2)27(23)30-28(24)18(20)3/h4-13,15H,14H2,1-3H3. The lowest BCUT2D eigenvalue weighted by atomic mass is 9.97. The Labute approximate surface area is 184 Å². The number of thiophene rings is 2. The third kappa shape index (κ3) is 2.71. The zero-order chi connectivity index (χ0) is 20.4. The molecule has 6 aromatic rings. The molecule has 2 heteroatoms. The van der Waals surface area contributed by atoms with Gasteiger partial charge in [0.25, 0.3) is 0 Å². The summed E-state index contributed by atoms with van der Waals surface area (Å²) >= 11 is 3.86. The second kappa shape index (κ2) is 6.66. The molecule has 0 aliphatic carbocycles. The van der Waals surface area contributed by atoms with Gasteiger partial charge in [0.1, 0.15) is 0 Å². The van der Waals surface area contributed by atoms with Crippen LogP contribution in [0.5, 0.6) is 0 Å². The van der Waals surface area contributed by atoms with Gasteiger partial charge in [-0.1, -0.05) is 54.6 Å². The van der Waals surface area contributed by atoms with Crippen molar-refractivity contribution in [3.63, 3.8) is 0 Å². The van der Waals surface area contributed by atoms with E-state index >= 15 is 0 Å². The van der Waals surface area contributed by atoms with Crippen molar-refractivity contribution >= 4 is 63.0 Å². The van der Waals surface area contributed by atoms with Crippen molar-refractivity contribution in [2.45, 2.75) is 27.2 Å². The Bertz CT molecular complexity index is 1590. The highest BCUT2D eigenvalue weighted by Crippen LogP contribution is 2.39. The van der Waals surface area contributed by atoms with Crippen molar-refractivity contribution in [2.24, 2.45) is 0 Å². The van der Waals surface area contributed by atoms with E-state index in [2.05, 4.69) is 87.5 Å². The van der Waals surface area contributed by atoms with Gasteiger partial charge < -0.3 is 0 Å². The van der Waals surface area contributed by atoms with E-state index < -0.39 is 0 Å². The molecule has 0 saturated heterocycles. The topological polar surface area (TPSA) is 0 Å². The van der Waals surface area contributed by atoms with Crippen molar-refractivity contribution in [1.82, 2.24) is 0 Å². The Morgan fingerprint density at radius 3 is 2.23 bits per heavy atom. The molecule has 6 rings (SSSR count). The molecule has 0 atom stereocenters. The highest BCUT2D eigenvalue weighted by Gasteiger charge is 2.12. The molecule has 2 heterocycles. The fourth-order valence-electron chi connectivity index (χ4n) is 4.63. The molecule has 0 nitrogen and oxygen atoms in total. The predicted molar refractivity (Wildman–Crippen MR) is 136 cm³/mol. The number of benzene rings is 4. The van der Waals surface area contributed by atoms with Gasteiger partial charge in [0, 0.05) is 40.3 Å². The first-order chi connectivity index (χ1) is 14.6. The van der Waals surface area contributed by atoms with E-state index in [4.69, 9.17) is 0 Å². The minimum atomic E-state index is 0.984. The van der Waals surface area contributed by atoms with Crippen molar-refractivity contribution in [3.8, 4) is 0 Å². The Kier molecular flexibility index (Phi) is 4.02. The summed E-state index contributed by atoms with van der Waals surface area (Å²) in [6, 6.07) is 25.1. The fourth-order valence-corrected chi connectivity index (χ4v) is 7.19. The molecular formula is C28H22S2. The minimum absolute atomic E-state index is 0.984. The van der Waals surface area contributed by atoms with Crippen LogP contribution in [0.15, 0.2) is 66.7 Å². The largest absolute Gasteiger partial charge is 0.135 e. The van der Waals surface area contributed by atoms with E-state index in [-0.39, 0.29) is 0 Å². The lowest BCUT2D eigenvalue weighted by Crippen LogP contribution is -1.91. The van der Waals surface area contributed by atoms with Gasteiger partial charge in [-0.3, -0.25) is 0 Å². The molecule has 0 N–H and O–H groups in total. The average Bonchev–Trinajstić information content (AvgIpc) is 3.29. The summed E-state index contributed by atoms with van der Waals surface area (Å²) in [7, 11) is 0. The Balaban J connectivity index is 1.45. The van der Waals surface area contributed by atoms with Crippen LogP contribution in [0.3, 0.4) is 0 Å². The van der Waals surface area contributed by atoms with Crippen LogP contribution >= 0.6 is 22.7 Å². The van der Waals surface area contributed by atoms with Crippen molar-refractivity contribution in [3.05, 3.63) is 94.5 Å². The molecule has 0 unspecified atom stereocenters. The molecule has 0 saturated carbocycles. The highest BCUT2D eigenvalue weighted by molar-refractivity contribution is 7.26. The minimum Gasteiger partial charge on any atom is -0.135 e. The van der Waals surface area contributed by atoms with Crippen LogP contribution in [0.25, 0.3) is 40.3 Å². The van der Waals surface area contributed by atoms with Crippen molar-refractivity contribution < 1.29 is 0 Å². The third-order valence-electron chi connectivity index (χ3n) is 6.31. The monoisotopic (exact) mass is 422 g/mol. The molecule has 146 valence electrons. The molecule has 0 radical (unpaired) electrons. The Morgan fingerprint density at radius 2 is 1.37 bits per heavy atom. The van der Waals surface area contributed by atoms with Gasteiger partial charge >= 0.3 is 0 Å². The van der Waals surface area contributed by atoms with Gasteiger partial charge in [0.2, 0.25) is 0 Å². The summed E-state index contributed by atoms with van der Waals surface area (Å²) in [6.45, 7) is 6.68. The molecule has 0 amide bonds. The van der Waals surface area contributed by atoms with Gasteiger partial charge in [-0.25, -0.2) is 0 Å². The quantitative estimate of drug-likeness (QED) is 0.261. The van der Waals surface area contributed by atoms with E-state index in [0.29, 0.717) is 0 Å². The second-order valence-electron chi connectivity index (χ2n) is 8.39. The summed E-state index contributed by atoms with van der Waals surface area (Å²) in [5, 5.41) is 5.55. The van der Waals surface area contributed by atoms with E-state index in [0.717, 1.165) is 6.42 Å². The lowest BCUT2D eigenvalue weighted by molar-refractivity contribution is 1.18. The molecule has 4 aromatic carbocycles. The smallest absolute Gasteiger partial charge is 0.0387 e. The normalized spacial score (nSPS) is 12.0. The van der Waals surface area contributed by atoms with Crippen molar-refractivity contribution in [1.29, 1.82) is 0 Å². The van der Waals surface area contributed by atoms with Crippen LogP contribution < -0.4 is 0 Å². The Hall–Kier alpha value is -2.68. The lowest BCUT2D eigenvalue weighted by Gasteiger charge is -2.08. The maximum atomic E-state index is 2.40. The molecule has 0 aliphatic rings. The van der Waals surface area contributed by atoms with Gasteiger partial charge in [-0.2, -0.15) is 0 Å². The summed E-state index contributed by atoms with van der Waals surface area (Å²) < 4.78 is 5.65. The maximum absolute atomic E-state index is 2.40. The van der Waals surface area contributed by atoms with E-state index in [1.807, 2.05) is 22.7 Å². The molecule has 0 bridgehead atoms. The molecule has 0 fully saturated rings. The van der Waals surface area contributed by atoms with Crippen LogP contribution in [0.1, 0.15) is 27.8 Å². The average molecular weight is 423 g/mol. The molecule has 30 heavy (non-hydrogen) atoms. The zero-order valence-electron chi connectivity index (χ0n) is 17.4. The summed E-state index contributed by atoms with van der Waals surface area (Å²) in [5.74, 6) is 0. The van der Waals surface area contributed by atoms with Crippen LogP contribution in [0.4, 0.5) is 0 Å². The fraction of sp³-hybridized carbons (Fsp3) is 0.143. The first-order valence-corrected chi connectivity index (χ1v) is 12.0.